The number of thiophene rings is 1. The summed E-state index contributed by atoms with van der Waals surface area (Å²) in [5, 5.41) is 13.7. The fraction of sp³-hybridized carbons (Fsp3) is 0.0500. The SMILES string of the molecule is O=C(COC(=O)c1ccc(NS(=O)(=O)c2cccs2)cc1O)Nc1nc2c(F)c(F)c(F)cc2s1. The van der Waals surface area contributed by atoms with E-state index in [0.29, 0.717) is 11.3 Å². The number of aromatic nitrogens is 1. The molecular formula is C20H12F3N3O6S3. The number of nitrogens with one attached hydrogen (secondary N) is 2. The summed E-state index contributed by atoms with van der Waals surface area (Å²) < 4.78 is 72.0. The Morgan fingerprint density at radius 1 is 1.11 bits per heavy atom. The Kier molecular flexibility index (Phi) is 6.64. The van der Waals surface area contributed by atoms with E-state index in [9.17, 15) is 36.3 Å². The van der Waals surface area contributed by atoms with Gasteiger partial charge in [-0.1, -0.05) is 17.4 Å². The number of fused-ring (bicyclic) bond motifs is 1. The Balaban J connectivity index is 1.38. The molecule has 3 N–H and O–H groups in total. The molecule has 4 aromatic rings. The second-order valence-corrected chi connectivity index (χ2v) is 10.6. The molecule has 0 spiro atoms. The van der Waals surface area contributed by atoms with E-state index in [1.807, 2.05) is 0 Å². The lowest BCUT2D eigenvalue weighted by molar-refractivity contribution is -0.119. The number of aromatic hydroxyl groups is 1. The molecule has 0 unspecified atom stereocenters. The molecule has 0 radical (unpaired) electrons. The normalized spacial score (nSPS) is 11.4. The molecule has 0 aliphatic rings. The van der Waals surface area contributed by atoms with E-state index >= 15 is 0 Å². The zero-order chi connectivity index (χ0) is 25.3. The summed E-state index contributed by atoms with van der Waals surface area (Å²) >= 11 is 1.67. The molecule has 182 valence electrons. The van der Waals surface area contributed by atoms with Gasteiger partial charge in [0.2, 0.25) is 0 Å². The number of nitrogens with zero attached hydrogens (tertiary/aromatic N) is 1. The maximum atomic E-state index is 13.8. The predicted molar refractivity (Wildman–Crippen MR) is 122 cm³/mol. The molecule has 0 saturated carbocycles. The van der Waals surface area contributed by atoms with Gasteiger partial charge in [0.25, 0.3) is 15.9 Å². The van der Waals surface area contributed by atoms with Crippen LogP contribution in [0.5, 0.6) is 5.75 Å². The van der Waals surface area contributed by atoms with E-state index in [1.54, 1.807) is 11.4 Å². The summed E-state index contributed by atoms with van der Waals surface area (Å²) in [6.45, 7) is -0.827. The molecule has 1 amide bonds. The number of sulfonamides is 1. The minimum atomic E-state index is -3.87. The number of hydrogen-bond donors (Lipinski definition) is 3. The van der Waals surface area contributed by atoms with E-state index in [0.717, 1.165) is 29.5 Å². The minimum Gasteiger partial charge on any atom is -0.507 e. The van der Waals surface area contributed by atoms with Crippen LogP contribution in [0.15, 0.2) is 46.0 Å². The number of carbonyl (C=O) groups excluding carboxylic acids is 2. The molecular weight excluding hydrogens is 531 g/mol. The van der Waals surface area contributed by atoms with Gasteiger partial charge in [-0.25, -0.2) is 31.4 Å². The zero-order valence-electron chi connectivity index (χ0n) is 17.0. The van der Waals surface area contributed by atoms with Gasteiger partial charge in [0, 0.05) is 6.07 Å². The molecule has 9 nitrogen and oxygen atoms in total. The van der Waals surface area contributed by atoms with Gasteiger partial charge in [0.05, 0.1) is 10.4 Å². The number of ether oxygens (including phenoxy) is 1. The first-order valence-corrected chi connectivity index (χ1v) is 12.5. The first-order valence-electron chi connectivity index (χ1n) is 9.35. The van der Waals surface area contributed by atoms with Crippen LogP contribution in [0, 0.1) is 17.5 Å². The van der Waals surface area contributed by atoms with Crippen molar-refractivity contribution >= 4 is 65.6 Å². The number of esters is 1. The highest BCUT2D eigenvalue weighted by Crippen LogP contribution is 2.30. The molecule has 0 atom stereocenters. The van der Waals surface area contributed by atoms with Crippen LogP contribution >= 0.6 is 22.7 Å². The molecule has 0 aliphatic heterocycles. The van der Waals surface area contributed by atoms with Crippen molar-refractivity contribution in [2.24, 2.45) is 0 Å². The molecule has 0 saturated heterocycles. The number of halogens is 3. The Morgan fingerprint density at radius 3 is 2.57 bits per heavy atom. The summed E-state index contributed by atoms with van der Waals surface area (Å²) in [6, 6.07) is 6.99. The maximum absolute atomic E-state index is 13.8. The highest BCUT2D eigenvalue weighted by Gasteiger charge is 2.21. The second-order valence-electron chi connectivity index (χ2n) is 6.75. The monoisotopic (exact) mass is 543 g/mol. The molecule has 35 heavy (non-hydrogen) atoms. The van der Waals surface area contributed by atoms with Crippen LogP contribution in [0.1, 0.15) is 10.4 Å². The molecule has 0 fully saturated rings. The Morgan fingerprint density at radius 2 is 1.89 bits per heavy atom. The van der Waals surface area contributed by atoms with Crippen molar-refractivity contribution < 1.29 is 41.0 Å². The third kappa shape index (κ3) is 5.21. The number of benzene rings is 2. The third-order valence-corrected chi connectivity index (χ3v) is 8.03. The van der Waals surface area contributed by atoms with Crippen molar-refractivity contribution in [3.8, 4) is 5.75 Å². The molecule has 2 heterocycles. The van der Waals surface area contributed by atoms with Crippen LogP contribution in [-0.4, -0.2) is 37.0 Å². The van der Waals surface area contributed by atoms with Gasteiger partial charge in [-0.15, -0.1) is 11.3 Å². The smallest absolute Gasteiger partial charge is 0.342 e. The summed E-state index contributed by atoms with van der Waals surface area (Å²) in [6.07, 6.45) is 0. The van der Waals surface area contributed by atoms with E-state index in [4.69, 9.17) is 4.74 Å². The van der Waals surface area contributed by atoms with Gasteiger partial charge in [-0.2, -0.15) is 0 Å². The van der Waals surface area contributed by atoms with Gasteiger partial charge < -0.3 is 9.84 Å². The van der Waals surface area contributed by atoms with E-state index in [2.05, 4.69) is 15.0 Å². The zero-order valence-corrected chi connectivity index (χ0v) is 19.5. The van der Waals surface area contributed by atoms with Crippen LogP contribution < -0.4 is 10.0 Å². The van der Waals surface area contributed by atoms with E-state index in [-0.39, 0.29) is 25.3 Å². The fourth-order valence-corrected chi connectivity index (χ4v) is 5.73. The van der Waals surface area contributed by atoms with Gasteiger partial charge in [-0.3, -0.25) is 14.8 Å². The first kappa shape index (κ1) is 24.4. The van der Waals surface area contributed by atoms with Crippen molar-refractivity contribution in [3.05, 3.63) is 64.8 Å². The maximum Gasteiger partial charge on any atom is 0.342 e. The fourth-order valence-electron chi connectivity index (χ4n) is 2.78. The van der Waals surface area contributed by atoms with E-state index < -0.39 is 57.2 Å². The summed E-state index contributed by atoms with van der Waals surface area (Å²) in [4.78, 5) is 28.0. The van der Waals surface area contributed by atoms with Gasteiger partial charge >= 0.3 is 5.97 Å². The lowest BCUT2D eigenvalue weighted by Crippen LogP contribution is -2.21. The minimum absolute atomic E-state index is 0.0128. The van der Waals surface area contributed by atoms with E-state index in [1.165, 1.54) is 12.1 Å². The number of amides is 1. The summed E-state index contributed by atoms with van der Waals surface area (Å²) in [5.41, 5.74) is -0.827. The molecule has 2 aromatic heterocycles. The molecule has 0 bridgehead atoms. The molecule has 4 rings (SSSR count). The average Bonchev–Trinajstić information content (AvgIpc) is 3.47. The average molecular weight is 544 g/mol. The Bertz CT molecular complexity index is 1560. The van der Waals surface area contributed by atoms with Gasteiger partial charge in [0.1, 0.15) is 21.0 Å². The second kappa shape index (κ2) is 9.52. The number of anilines is 2. The summed E-state index contributed by atoms with van der Waals surface area (Å²) in [5.74, 6) is -7.19. The largest absolute Gasteiger partial charge is 0.507 e. The molecule has 0 aliphatic carbocycles. The van der Waals surface area contributed by atoms with Crippen LogP contribution in [0.4, 0.5) is 24.0 Å². The highest BCUT2D eigenvalue weighted by molar-refractivity contribution is 7.94. The van der Waals surface area contributed by atoms with Crippen LogP contribution in [0.25, 0.3) is 10.2 Å². The lowest BCUT2D eigenvalue weighted by atomic mass is 10.2. The molecule has 15 heteroatoms. The lowest BCUT2D eigenvalue weighted by Gasteiger charge is -2.09. The van der Waals surface area contributed by atoms with Crippen molar-refractivity contribution in [2.45, 2.75) is 4.21 Å². The Hall–Kier alpha value is -3.69. The van der Waals surface area contributed by atoms with Crippen LogP contribution in [0.3, 0.4) is 0 Å². The summed E-state index contributed by atoms with van der Waals surface area (Å²) in [7, 11) is -3.87. The van der Waals surface area contributed by atoms with Crippen LogP contribution in [-0.2, 0) is 19.6 Å². The first-order chi connectivity index (χ1) is 16.5. The number of hydrogen-bond acceptors (Lipinski definition) is 9. The standard InChI is InChI=1S/C20H12F3N3O6S3/c21-11-7-13-18(17(23)16(11)22)25-20(34-13)24-14(28)8-32-19(29)10-4-3-9(6-12(10)27)26-35(30,31)15-2-1-5-33-15/h1-7,26-27H,8H2,(H,24,25,28). The number of rotatable bonds is 7. The van der Waals surface area contributed by atoms with Crippen LogP contribution in [0.2, 0.25) is 0 Å². The Labute approximate surface area is 202 Å². The van der Waals surface area contributed by atoms with Crippen molar-refractivity contribution in [1.82, 2.24) is 4.98 Å². The quantitative estimate of drug-likeness (QED) is 0.236. The number of phenolic OH excluding ortho intramolecular Hbond substituents is 1. The van der Waals surface area contributed by atoms with Crippen molar-refractivity contribution in [3.63, 3.8) is 0 Å². The number of phenols is 1. The van der Waals surface area contributed by atoms with Gasteiger partial charge in [-0.05, 0) is 29.6 Å². The predicted octanol–water partition coefficient (Wildman–Crippen LogP) is 4.08. The number of thiazole rings is 1. The van der Waals surface area contributed by atoms with Crippen molar-refractivity contribution in [2.75, 3.05) is 16.6 Å². The highest BCUT2D eigenvalue weighted by atomic mass is 32.2. The number of carbonyl (C=O) groups is 2. The molecule has 2 aromatic carbocycles. The van der Waals surface area contributed by atoms with Gasteiger partial charge in [0.15, 0.2) is 29.2 Å². The topological polar surface area (TPSA) is 135 Å². The third-order valence-electron chi connectivity index (χ3n) is 4.33. The van der Waals surface area contributed by atoms with Crippen molar-refractivity contribution in [1.29, 1.82) is 0 Å².